The van der Waals surface area contributed by atoms with Gasteiger partial charge in [0.05, 0.1) is 23.1 Å². The highest BCUT2D eigenvalue weighted by Gasteiger charge is 2.24. The molecule has 0 unspecified atom stereocenters. The van der Waals surface area contributed by atoms with Crippen LogP contribution in [-0.2, 0) is 26.1 Å². The van der Waals surface area contributed by atoms with Crippen LogP contribution < -0.4 is 15.9 Å². The number of hydrogen-bond donors (Lipinski definition) is 1. The average Bonchev–Trinajstić information content (AvgIpc) is 3.35. The predicted octanol–water partition coefficient (Wildman–Crippen LogP) is 1.19. The summed E-state index contributed by atoms with van der Waals surface area (Å²) in [6, 6.07) is 11.0. The third-order valence-electron chi connectivity index (χ3n) is 4.95. The van der Waals surface area contributed by atoms with Gasteiger partial charge in [-0.1, -0.05) is 6.07 Å². The van der Waals surface area contributed by atoms with Crippen LogP contribution in [-0.4, -0.2) is 25.9 Å². The van der Waals surface area contributed by atoms with Gasteiger partial charge in [-0.3, -0.25) is 4.79 Å². The van der Waals surface area contributed by atoms with Gasteiger partial charge in [0.15, 0.2) is 22.0 Å². The lowest BCUT2D eigenvalue weighted by molar-refractivity contribution is -0.112. The molecule has 0 saturated carbocycles. The van der Waals surface area contributed by atoms with Crippen LogP contribution in [0.25, 0.3) is 16.9 Å². The molecular weight excluding hydrogens is 378 g/mol. The molecule has 28 heavy (non-hydrogen) atoms. The van der Waals surface area contributed by atoms with Crippen LogP contribution in [0.3, 0.4) is 0 Å². The van der Waals surface area contributed by atoms with Crippen molar-refractivity contribution in [1.82, 2.24) is 4.98 Å². The van der Waals surface area contributed by atoms with Crippen molar-refractivity contribution >= 4 is 27.0 Å². The fraction of sp³-hybridized carbons (Fsp3) is 0.150. The van der Waals surface area contributed by atoms with Crippen LogP contribution in [0.4, 0.5) is 5.69 Å². The monoisotopic (exact) mass is 393 g/mol. The van der Waals surface area contributed by atoms with Crippen molar-refractivity contribution in [2.75, 3.05) is 11.9 Å². The molecule has 0 radical (unpaired) electrons. The molecule has 3 aromatic rings. The summed E-state index contributed by atoms with van der Waals surface area (Å²) in [5.41, 5.74) is 3.81. The Labute approximate surface area is 160 Å². The number of anilines is 1. The van der Waals surface area contributed by atoms with Crippen molar-refractivity contribution < 1.29 is 17.6 Å². The van der Waals surface area contributed by atoms with Crippen LogP contribution >= 0.6 is 0 Å². The molecule has 0 atom stereocenters. The maximum absolute atomic E-state index is 12.4. The number of carbonyl (C=O) groups is 1. The first-order chi connectivity index (χ1) is 13.5. The molecule has 2 aliphatic heterocycles. The van der Waals surface area contributed by atoms with Gasteiger partial charge in [0.1, 0.15) is 0 Å². The molecule has 1 N–H and O–H groups in total. The van der Waals surface area contributed by atoms with E-state index in [1.807, 2.05) is 30.3 Å². The molecule has 1 aromatic heterocycles. The molecule has 0 bridgehead atoms. The second-order valence-electron chi connectivity index (χ2n) is 6.86. The highest BCUT2D eigenvalue weighted by molar-refractivity contribution is 7.90. The van der Waals surface area contributed by atoms with Crippen molar-refractivity contribution in [3.8, 4) is 11.3 Å². The lowest BCUT2D eigenvalue weighted by Gasteiger charge is -2.08. The van der Waals surface area contributed by atoms with Gasteiger partial charge in [-0.15, -0.1) is 0 Å². The number of sulfone groups is 1. The zero-order valence-electron chi connectivity index (χ0n) is 14.7. The number of hydrogen-bond acceptors (Lipinski definition) is 6. The van der Waals surface area contributed by atoms with Crippen molar-refractivity contribution in [2.45, 2.75) is 11.5 Å². The third-order valence-corrected chi connectivity index (χ3v) is 6.45. The normalized spacial score (nSPS) is 16.6. The van der Waals surface area contributed by atoms with Gasteiger partial charge in [-0.05, 0) is 41.5 Å². The van der Waals surface area contributed by atoms with Crippen LogP contribution in [0.5, 0.6) is 0 Å². The fourth-order valence-electron chi connectivity index (χ4n) is 3.58. The minimum absolute atomic E-state index is 0.0616. The van der Waals surface area contributed by atoms with Crippen LogP contribution in [0.2, 0.25) is 0 Å². The van der Waals surface area contributed by atoms with E-state index in [0.717, 1.165) is 27.6 Å². The summed E-state index contributed by atoms with van der Waals surface area (Å²) < 4.78 is 28.9. The first kappa shape index (κ1) is 16.9. The Bertz CT molecular complexity index is 1340. The second kappa shape index (κ2) is 6.13. The van der Waals surface area contributed by atoms with Gasteiger partial charge < -0.3 is 9.73 Å². The number of fused-ring (bicyclic) bond motifs is 2. The van der Waals surface area contributed by atoms with Gasteiger partial charge >= 0.3 is 0 Å². The minimum Gasteiger partial charge on any atom is -0.444 e. The zero-order chi connectivity index (χ0) is 19.3. The van der Waals surface area contributed by atoms with Gasteiger partial charge in [-0.2, -0.15) is 0 Å². The minimum atomic E-state index is -3.04. The van der Waals surface area contributed by atoms with E-state index in [9.17, 15) is 13.2 Å². The van der Waals surface area contributed by atoms with E-state index in [-0.39, 0.29) is 17.4 Å². The Morgan fingerprint density at radius 1 is 1.07 bits per heavy atom. The lowest BCUT2D eigenvalue weighted by atomic mass is 10.1. The molecule has 140 valence electrons. The zero-order valence-corrected chi connectivity index (χ0v) is 15.5. The van der Waals surface area contributed by atoms with E-state index in [1.165, 1.54) is 6.39 Å². The van der Waals surface area contributed by atoms with Crippen LogP contribution in [0, 0.1) is 0 Å². The van der Waals surface area contributed by atoms with E-state index in [4.69, 9.17) is 4.42 Å². The fourth-order valence-corrected chi connectivity index (χ4v) is 5.18. The van der Waals surface area contributed by atoms with Gasteiger partial charge in [0, 0.05) is 28.6 Å². The van der Waals surface area contributed by atoms with Gasteiger partial charge in [-0.25, -0.2) is 18.4 Å². The molecule has 2 aromatic carbocycles. The quantitative estimate of drug-likeness (QED) is 0.715. The predicted molar refractivity (Wildman–Crippen MR) is 102 cm³/mol. The van der Waals surface area contributed by atoms with Gasteiger partial charge in [0.2, 0.25) is 0 Å². The maximum Gasteiger partial charge on any atom is 0.275 e. The molecular formula is C20H15N3O4S. The number of nitrogens with zero attached hydrogens (tertiary/aromatic N) is 2. The molecule has 0 aliphatic carbocycles. The molecule has 3 heterocycles. The van der Waals surface area contributed by atoms with Crippen LogP contribution in [0.15, 0.2) is 58.4 Å². The molecule has 7 nitrogen and oxygen atoms in total. The number of rotatable bonds is 4. The standard InChI is InChI=1S/C20H15N3O4S/c24-20-17(7-22-15-3-1-13-9-28(25,26)10-14(13)5-15)16-6-12(2-4-18(16)23-20)19-8-21-11-27-19/h1-6,8,11,22H,7,9-10H2. The highest BCUT2D eigenvalue weighted by atomic mass is 32.2. The summed E-state index contributed by atoms with van der Waals surface area (Å²) >= 11 is 0. The van der Waals surface area contributed by atoms with Crippen molar-refractivity contribution in [3.05, 3.63) is 70.7 Å². The second-order valence-corrected chi connectivity index (χ2v) is 8.93. The average molecular weight is 393 g/mol. The third kappa shape index (κ3) is 2.91. The molecule has 5 rings (SSSR count). The SMILES string of the molecule is O=C1N=c2ccc(-c3cnco3)cc2=C1CNc1ccc2c(c1)CS(=O)(=O)C2. The van der Waals surface area contributed by atoms with E-state index in [1.54, 1.807) is 12.3 Å². The summed E-state index contributed by atoms with van der Waals surface area (Å²) in [7, 11) is -3.04. The molecule has 2 aliphatic rings. The largest absolute Gasteiger partial charge is 0.444 e. The summed E-state index contributed by atoms with van der Waals surface area (Å²) in [4.78, 5) is 20.4. The van der Waals surface area contributed by atoms with Crippen molar-refractivity contribution in [2.24, 2.45) is 4.99 Å². The molecule has 1 amide bonds. The topological polar surface area (TPSA) is 102 Å². The highest BCUT2D eigenvalue weighted by Crippen LogP contribution is 2.27. The number of amides is 1. The van der Waals surface area contributed by atoms with E-state index in [2.05, 4.69) is 15.3 Å². The van der Waals surface area contributed by atoms with E-state index < -0.39 is 9.84 Å². The maximum atomic E-state index is 12.4. The number of oxazole rings is 1. The first-order valence-corrected chi connectivity index (χ1v) is 10.5. The number of nitrogens with one attached hydrogen (secondary N) is 1. The van der Waals surface area contributed by atoms with Gasteiger partial charge in [0.25, 0.3) is 5.91 Å². The molecule has 0 saturated heterocycles. The van der Waals surface area contributed by atoms with Crippen molar-refractivity contribution in [3.63, 3.8) is 0 Å². The molecule has 0 fully saturated rings. The smallest absolute Gasteiger partial charge is 0.275 e. The Hall–Kier alpha value is -3.26. The summed E-state index contributed by atoms with van der Waals surface area (Å²) in [6.45, 7) is 0.292. The molecule has 8 heteroatoms. The van der Waals surface area contributed by atoms with E-state index in [0.29, 0.717) is 23.2 Å². The summed E-state index contributed by atoms with van der Waals surface area (Å²) in [5.74, 6) is 0.497. The lowest BCUT2D eigenvalue weighted by Crippen LogP contribution is -2.25. The Balaban J connectivity index is 1.46. The summed E-state index contributed by atoms with van der Waals surface area (Å²) in [6.07, 6.45) is 2.98. The first-order valence-electron chi connectivity index (χ1n) is 8.70. The van der Waals surface area contributed by atoms with E-state index >= 15 is 0 Å². The summed E-state index contributed by atoms with van der Waals surface area (Å²) in [5, 5.41) is 4.61. The van der Waals surface area contributed by atoms with Crippen molar-refractivity contribution in [1.29, 1.82) is 0 Å². The number of benzene rings is 2. The number of carbonyl (C=O) groups excluding carboxylic acids is 1. The molecule has 0 spiro atoms. The van der Waals surface area contributed by atoms with Crippen LogP contribution in [0.1, 0.15) is 11.1 Å². The Morgan fingerprint density at radius 2 is 1.93 bits per heavy atom. The number of aromatic nitrogens is 1. The Morgan fingerprint density at radius 3 is 2.75 bits per heavy atom. The Kier molecular flexibility index (Phi) is 3.70.